The molecule has 0 bridgehead atoms. The quantitative estimate of drug-likeness (QED) is 0.838. The van der Waals surface area contributed by atoms with Gasteiger partial charge in [0.05, 0.1) is 11.9 Å². The Kier molecular flexibility index (Phi) is 5.82. The normalized spacial score (nSPS) is 14.5. The smallest absolute Gasteiger partial charge is 0.232 e. The lowest BCUT2D eigenvalue weighted by molar-refractivity contribution is -0.129. The Balaban J connectivity index is 2.13. The minimum Gasteiger partial charge on any atom is -0.343 e. The average Bonchev–Trinajstić information content (AvgIpc) is 2.99. The van der Waals surface area contributed by atoms with Gasteiger partial charge in [-0.3, -0.25) is 13.9 Å². The molecule has 0 spiro atoms. The van der Waals surface area contributed by atoms with Gasteiger partial charge in [-0.1, -0.05) is 6.07 Å². The molecule has 2 rings (SSSR count). The number of likely N-dealkylation sites (tertiary alicyclic amines) is 1. The van der Waals surface area contributed by atoms with Gasteiger partial charge in [0.15, 0.2) is 0 Å². The molecule has 7 nitrogen and oxygen atoms in total. The van der Waals surface area contributed by atoms with Crippen molar-refractivity contribution in [2.24, 2.45) is 0 Å². The van der Waals surface area contributed by atoms with Gasteiger partial charge in [0.25, 0.3) is 0 Å². The number of hydrogen-bond donors (Lipinski definition) is 1. The van der Waals surface area contributed by atoms with E-state index in [1.807, 2.05) is 0 Å². The summed E-state index contributed by atoms with van der Waals surface area (Å²) >= 11 is 0. The van der Waals surface area contributed by atoms with E-state index in [1.54, 1.807) is 29.2 Å². The van der Waals surface area contributed by atoms with Crippen molar-refractivity contribution in [3.05, 3.63) is 24.3 Å². The highest BCUT2D eigenvalue weighted by Gasteiger charge is 2.22. The summed E-state index contributed by atoms with van der Waals surface area (Å²) in [5.41, 5.74) is 0.942. The van der Waals surface area contributed by atoms with Crippen LogP contribution in [0.25, 0.3) is 0 Å². The van der Waals surface area contributed by atoms with Crippen LogP contribution in [0.5, 0.6) is 0 Å². The van der Waals surface area contributed by atoms with Crippen molar-refractivity contribution < 1.29 is 18.0 Å². The third-order valence-electron chi connectivity index (χ3n) is 3.84. The zero-order valence-corrected chi connectivity index (χ0v) is 14.8. The van der Waals surface area contributed by atoms with E-state index in [9.17, 15) is 18.0 Å². The topological polar surface area (TPSA) is 86.8 Å². The highest BCUT2D eigenvalue weighted by Crippen LogP contribution is 2.22. The first-order valence-electron chi connectivity index (χ1n) is 7.90. The second-order valence-electron chi connectivity index (χ2n) is 5.90. The van der Waals surface area contributed by atoms with Crippen molar-refractivity contribution in [1.29, 1.82) is 0 Å². The molecule has 1 aromatic carbocycles. The van der Waals surface area contributed by atoms with Gasteiger partial charge in [0, 0.05) is 38.7 Å². The summed E-state index contributed by atoms with van der Waals surface area (Å²) in [4.78, 5) is 25.1. The first-order valence-corrected chi connectivity index (χ1v) is 9.75. The van der Waals surface area contributed by atoms with Crippen molar-refractivity contribution in [3.8, 4) is 0 Å². The van der Waals surface area contributed by atoms with Crippen LogP contribution in [-0.2, 0) is 19.6 Å². The van der Waals surface area contributed by atoms with Crippen molar-refractivity contribution >= 4 is 33.2 Å². The zero-order chi connectivity index (χ0) is 17.7. The molecule has 1 N–H and O–H groups in total. The molecular formula is C16H23N3O4S. The number of amides is 2. The number of nitrogens with one attached hydrogen (secondary N) is 1. The van der Waals surface area contributed by atoms with Crippen molar-refractivity contribution in [1.82, 2.24) is 4.90 Å². The van der Waals surface area contributed by atoms with E-state index < -0.39 is 10.0 Å². The maximum atomic E-state index is 12.2. The summed E-state index contributed by atoms with van der Waals surface area (Å²) in [5, 5.41) is 2.63. The fraction of sp³-hybridized carbons (Fsp3) is 0.500. The molecule has 0 aliphatic carbocycles. The molecule has 1 heterocycles. The molecule has 0 aromatic heterocycles. The Morgan fingerprint density at radius 2 is 1.92 bits per heavy atom. The van der Waals surface area contributed by atoms with E-state index in [2.05, 4.69) is 5.32 Å². The van der Waals surface area contributed by atoms with Crippen molar-refractivity contribution in [2.75, 3.05) is 35.5 Å². The summed E-state index contributed by atoms with van der Waals surface area (Å²) in [6.45, 7) is 2.96. The van der Waals surface area contributed by atoms with E-state index in [0.29, 0.717) is 11.4 Å². The highest BCUT2D eigenvalue weighted by atomic mass is 32.2. The Hall–Kier alpha value is -2.09. The summed E-state index contributed by atoms with van der Waals surface area (Å²) in [6, 6.07) is 6.58. The van der Waals surface area contributed by atoms with Crippen LogP contribution in [0.15, 0.2) is 24.3 Å². The SMILES string of the molecule is CC(=O)Nc1cccc(N(CCC(=O)N2CCCC2)S(C)(=O)=O)c1. The van der Waals surface area contributed by atoms with Gasteiger partial charge in [-0.2, -0.15) is 0 Å². The van der Waals surface area contributed by atoms with Gasteiger partial charge in [-0.05, 0) is 31.0 Å². The lowest BCUT2D eigenvalue weighted by Gasteiger charge is -2.24. The molecule has 8 heteroatoms. The van der Waals surface area contributed by atoms with E-state index in [4.69, 9.17) is 0 Å². The molecule has 1 aromatic rings. The van der Waals surface area contributed by atoms with Crippen LogP contribution < -0.4 is 9.62 Å². The van der Waals surface area contributed by atoms with Crippen LogP contribution in [0.1, 0.15) is 26.2 Å². The summed E-state index contributed by atoms with van der Waals surface area (Å²) < 4.78 is 25.4. The van der Waals surface area contributed by atoms with Gasteiger partial charge in [0.1, 0.15) is 0 Å². The first-order chi connectivity index (χ1) is 11.3. The maximum absolute atomic E-state index is 12.2. The van der Waals surface area contributed by atoms with E-state index in [0.717, 1.165) is 32.2 Å². The maximum Gasteiger partial charge on any atom is 0.232 e. The monoisotopic (exact) mass is 353 g/mol. The molecule has 0 unspecified atom stereocenters. The molecule has 0 saturated carbocycles. The van der Waals surface area contributed by atoms with Crippen LogP contribution in [0, 0.1) is 0 Å². The molecule has 132 valence electrons. The highest BCUT2D eigenvalue weighted by molar-refractivity contribution is 7.92. The number of nitrogens with zero attached hydrogens (tertiary/aromatic N) is 2. The number of benzene rings is 1. The Morgan fingerprint density at radius 1 is 1.25 bits per heavy atom. The van der Waals surface area contributed by atoms with E-state index in [-0.39, 0.29) is 24.8 Å². The fourth-order valence-corrected chi connectivity index (χ4v) is 3.67. The van der Waals surface area contributed by atoms with Gasteiger partial charge in [-0.15, -0.1) is 0 Å². The molecule has 0 atom stereocenters. The van der Waals surface area contributed by atoms with E-state index >= 15 is 0 Å². The third-order valence-corrected chi connectivity index (χ3v) is 5.04. The summed E-state index contributed by atoms with van der Waals surface area (Å²) in [5.74, 6) is -0.263. The minimum absolute atomic E-state index is 0.0286. The predicted molar refractivity (Wildman–Crippen MR) is 93.4 cm³/mol. The standard InChI is InChI=1S/C16H23N3O4S/c1-13(20)17-14-6-5-7-15(12-14)19(24(2,22)23)11-8-16(21)18-9-3-4-10-18/h5-7,12H,3-4,8-11H2,1-2H3,(H,17,20). The number of hydrogen-bond acceptors (Lipinski definition) is 4. The molecule has 1 saturated heterocycles. The van der Waals surface area contributed by atoms with Crippen molar-refractivity contribution in [2.45, 2.75) is 26.2 Å². The number of rotatable bonds is 6. The molecule has 2 amide bonds. The lowest BCUT2D eigenvalue weighted by Crippen LogP contribution is -2.35. The Bertz CT molecular complexity index is 712. The first kappa shape index (κ1) is 18.3. The summed E-state index contributed by atoms with van der Waals surface area (Å²) in [7, 11) is -3.53. The predicted octanol–water partition coefficient (Wildman–Crippen LogP) is 1.42. The van der Waals surface area contributed by atoms with Gasteiger partial charge < -0.3 is 10.2 Å². The van der Waals surface area contributed by atoms with Crippen LogP contribution in [0.2, 0.25) is 0 Å². The molecule has 1 aliphatic heterocycles. The number of carbonyl (C=O) groups is 2. The second kappa shape index (κ2) is 7.65. The average molecular weight is 353 g/mol. The van der Waals surface area contributed by atoms with Crippen LogP contribution in [0.4, 0.5) is 11.4 Å². The number of sulfonamides is 1. The third kappa shape index (κ3) is 4.95. The van der Waals surface area contributed by atoms with Crippen LogP contribution in [0.3, 0.4) is 0 Å². The molecular weight excluding hydrogens is 330 g/mol. The number of carbonyl (C=O) groups excluding carboxylic acids is 2. The molecule has 1 fully saturated rings. The summed E-state index contributed by atoms with van der Waals surface area (Å²) in [6.07, 6.45) is 3.25. The molecule has 24 heavy (non-hydrogen) atoms. The number of anilines is 2. The van der Waals surface area contributed by atoms with Crippen LogP contribution >= 0.6 is 0 Å². The van der Waals surface area contributed by atoms with Gasteiger partial charge in [0.2, 0.25) is 21.8 Å². The second-order valence-corrected chi connectivity index (χ2v) is 7.81. The minimum atomic E-state index is -3.53. The molecule has 1 aliphatic rings. The Morgan fingerprint density at radius 3 is 2.50 bits per heavy atom. The molecule has 0 radical (unpaired) electrons. The zero-order valence-electron chi connectivity index (χ0n) is 14.0. The van der Waals surface area contributed by atoms with Gasteiger partial charge in [-0.25, -0.2) is 8.42 Å². The largest absolute Gasteiger partial charge is 0.343 e. The Labute approximate surface area is 142 Å². The van der Waals surface area contributed by atoms with Gasteiger partial charge >= 0.3 is 0 Å². The van der Waals surface area contributed by atoms with Crippen molar-refractivity contribution in [3.63, 3.8) is 0 Å². The van der Waals surface area contributed by atoms with E-state index in [1.165, 1.54) is 11.2 Å². The fourth-order valence-electron chi connectivity index (χ4n) is 2.75. The van der Waals surface area contributed by atoms with Crippen LogP contribution in [-0.4, -0.2) is 51.0 Å². The lowest BCUT2D eigenvalue weighted by atomic mass is 10.2.